The molecule has 0 unspecified atom stereocenters. The maximum Gasteiger partial charge on any atom is 0.193 e. The van der Waals surface area contributed by atoms with Gasteiger partial charge in [-0.3, -0.25) is 4.79 Å². The quantitative estimate of drug-likeness (QED) is 0.0824. The predicted octanol–water partition coefficient (Wildman–Crippen LogP) is 11.6. The summed E-state index contributed by atoms with van der Waals surface area (Å²) in [6, 6.07) is 10.8. The number of carbonyl (C=O) groups is 1. The minimum Gasteiger partial charge on any atom is -0.497 e. The number of aliphatic hydroxyl groups excluding tert-OH is 1. The number of benzene rings is 1. The highest BCUT2D eigenvalue weighted by Gasteiger charge is 2.46. The standard InChI is InChI=1S/C43H82O7Si3/c1-20-53(21-2,22-3)50-41(34(8)40(31(4)5)49-52(18,19)43(12,13)14)33(7)37(44)28-38(45)39(48-51(16,17)42(9,10)11)27-32(6)29-47-30-35-23-25-36(46-15)26-24-35/h23-26,32-34,37,39-41,44H,4,20-22,27-30H2,1-3,5-19H3/t32-,33+,34+,37+,39-,40-,41-/m0/s1. The van der Waals surface area contributed by atoms with Gasteiger partial charge in [0.15, 0.2) is 30.7 Å². The lowest BCUT2D eigenvalue weighted by Crippen LogP contribution is -2.53. The minimum absolute atomic E-state index is 0.00617. The second-order valence-corrected chi connectivity index (χ2v) is 33.2. The van der Waals surface area contributed by atoms with E-state index in [1.807, 2.05) is 31.2 Å². The van der Waals surface area contributed by atoms with Crippen molar-refractivity contribution in [2.45, 2.75) is 188 Å². The van der Waals surface area contributed by atoms with Crippen LogP contribution in [0.2, 0.25) is 54.4 Å². The van der Waals surface area contributed by atoms with E-state index in [0.717, 1.165) is 35.0 Å². The average Bonchev–Trinajstić information content (AvgIpc) is 3.06. The minimum atomic E-state index is -2.32. The second-order valence-electron chi connectivity index (χ2n) is 19.0. The van der Waals surface area contributed by atoms with E-state index in [0.29, 0.717) is 19.6 Å². The van der Waals surface area contributed by atoms with Crippen molar-refractivity contribution in [1.29, 1.82) is 0 Å². The fraction of sp³-hybridized carbons (Fsp3) is 0.791. The summed E-state index contributed by atoms with van der Waals surface area (Å²) < 4.78 is 32.6. The molecule has 0 fully saturated rings. The van der Waals surface area contributed by atoms with Gasteiger partial charge in [0.25, 0.3) is 0 Å². The third-order valence-electron chi connectivity index (χ3n) is 12.6. The van der Waals surface area contributed by atoms with Crippen LogP contribution in [0, 0.1) is 17.8 Å². The largest absolute Gasteiger partial charge is 0.497 e. The Hall–Kier alpha value is -1.12. The van der Waals surface area contributed by atoms with E-state index in [-0.39, 0.29) is 52.2 Å². The van der Waals surface area contributed by atoms with Gasteiger partial charge in [-0.25, -0.2) is 0 Å². The van der Waals surface area contributed by atoms with Crippen LogP contribution < -0.4 is 4.74 Å². The van der Waals surface area contributed by atoms with Gasteiger partial charge in [0, 0.05) is 24.9 Å². The van der Waals surface area contributed by atoms with Gasteiger partial charge in [-0.05, 0) is 91.4 Å². The van der Waals surface area contributed by atoms with Crippen LogP contribution in [0.3, 0.4) is 0 Å². The monoisotopic (exact) mass is 795 g/mol. The van der Waals surface area contributed by atoms with Crippen molar-refractivity contribution < 1.29 is 32.7 Å². The van der Waals surface area contributed by atoms with E-state index in [2.05, 4.69) is 116 Å². The highest BCUT2D eigenvalue weighted by molar-refractivity contribution is 6.75. The number of aliphatic hydroxyl groups is 1. The fourth-order valence-electron chi connectivity index (χ4n) is 6.36. The van der Waals surface area contributed by atoms with Crippen LogP contribution in [-0.4, -0.2) is 74.0 Å². The van der Waals surface area contributed by atoms with E-state index in [1.54, 1.807) is 7.11 Å². The van der Waals surface area contributed by atoms with E-state index in [1.165, 1.54) is 0 Å². The first-order valence-corrected chi connectivity index (χ1v) is 28.7. The molecule has 0 amide bonds. The highest BCUT2D eigenvalue weighted by atomic mass is 28.4. The lowest BCUT2D eigenvalue weighted by molar-refractivity contribution is -0.131. The maximum atomic E-state index is 14.4. The number of ketones is 1. The Bertz CT molecular complexity index is 1240. The second kappa shape index (κ2) is 20.9. The van der Waals surface area contributed by atoms with Gasteiger partial charge in [-0.15, -0.1) is 0 Å². The van der Waals surface area contributed by atoms with Gasteiger partial charge in [0.1, 0.15) is 11.9 Å². The molecule has 0 saturated carbocycles. The molecule has 7 atom stereocenters. The van der Waals surface area contributed by atoms with Crippen LogP contribution in [0.5, 0.6) is 5.75 Å². The number of Topliss-reactive ketones (excluding diaryl/α,β-unsaturated/α-hetero) is 1. The summed E-state index contributed by atoms with van der Waals surface area (Å²) in [7, 11) is -4.94. The Kier molecular flexibility index (Phi) is 19.7. The van der Waals surface area contributed by atoms with E-state index in [9.17, 15) is 9.90 Å². The van der Waals surface area contributed by atoms with Crippen LogP contribution >= 0.6 is 0 Å². The van der Waals surface area contributed by atoms with Gasteiger partial charge in [0.05, 0.1) is 32.0 Å². The summed E-state index contributed by atoms with van der Waals surface area (Å²) in [5, 5.41) is 12.0. The molecule has 308 valence electrons. The number of hydrogen-bond donors (Lipinski definition) is 1. The molecule has 0 heterocycles. The summed E-state index contributed by atoms with van der Waals surface area (Å²) in [6.45, 7) is 42.8. The molecule has 1 aromatic rings. The van der Waals surface area contributed by atoms with E-state index >= 15 is 0 Å². The summed E-state index contributed by atoms with van der Waals surface area (Å²) in [5.41, 5.74) is 2.03. The Morgan fingerprint density at radius 1 is 0.811 bits per heavy atom. The molecule has 0 saturated heterocycles. The molecular weight excluding hydrogens is 713 g/mol. The Morgan fingerprint density at radius 2 is 1.30 bits per heavy atom. The van der Waals surface area contributed by atoms with Crippen molar-refractivity contribution in [1.82, 2.24) is 0 Å². The molecule has 1 N–H and O–H groups in total. The number of carbonyl (C=O) groups excluding carboxylic acids is 1. The molecule has 10 heteroatoms. The first kappa shape index (κ1) is 49.9. The molecule has 0 spiro atoms. The zero-order valence-corrected chi connectivity index (χ0v) is 40.4. The molecule has 53 heavy (non-hydrogen) atoms. The normalized spacial score (nSPS) is 17.4. The number of methoxy groups -OCH3 is 1. The van der Waals surface area contributed by atoms with E-state index < -0.39 is 37.2 Å². The first-order chi connectivity index (χ1) is 24.2. The molecule has 0 aliphatic rings. The predicted molar refractivity (Wildman–Crippen MR) is 231 cm³/mol. The van der Waals surface area contributed by atoms with Crippen LogP contribution in [0.4, 0.5) is 0 Å². The van der Waals surface area contributed by atoms with Gasteiger partial charge < -0.3 is 27.9 Å². The smallest absolute Gasteiger partial charge is 0.193 e. The van der Waals surface area contributed by atoms with E-state index in [4.69, 9.17) is 22.8 Å². The molecule has 0 aliphatic carbocycles. The van der Waals surface area contributed by atoms with Crippen molar-refractivity contribution >= 4 is 30.7 Å². The van der Waals surface area contributed by atoms with Crippen molar-refractivity contribution in [2.75, 3.05) is 13.7 Å². The van der Waals surface area contributed by atoms with Gasteiger partial charge >= 0.3 is 0 Å². The summed E-state index contributed by atoms with van der Waals surface area (Å²) in [6.07, 6.45) is -1.53. The summed E-state index contributed by atoms with van der Waals surface area (Å²) >= 11 is 0. The number of ether oxygens (including phenoxy) is 2. The molecular formula is C43H82O7Si3. The molecule has 0 bridgehead atoms. The Morgan fingerprint density at radius 3 is 1.74 bits per heavy atom. The molecule has 0 aliphatic heterocycles. The van der Waals surface area contributed by atoms with Gasteiger partial charge in [0.2, 0.25) is 0 Å². The summed E-state index contributed by atoms with van der Waals surface area (Å²) in [4.78, 5) is 14.4. The molecule has 7 nitrogen and oxygen atoms in total. The van der Waals surface area contributed by atoms with Crippen LogP contribution in [0.25, 0.3) is 0 Å². The first-order valence-electron chi connectivity index (χ1n) is 20.3. The fourth-order valence-corrected chi connectivity index (χ4v) is 12.1. The van der Waals surface area contributed by atoms with Gasteiger partial charge in [-0.1, -0.05) is 107 Å². The average molecular weight is 795 g/mol. The van der Waals surface area contributed by atoms with Crippen molar-refractivity contribution in [3.05, 3.63) is 42.0 Å². The lowest BCUT2D eigenvalue weighted by Gasteiger charge is -2.46. The topological polar surface area (TPSA) is 83.5 Å². The Labute approximate surface area is 329 Å². The zero-order valence-electron chi connectivity index (χ0n) is 37.4. The maximum absolute atomic E-state index is 14.4. The van der Waals surface area contributed by atoms with Crippen LogP contribution in [-0.2, 0) is 29.4 Å². The van der Waals surface area contributed by atoms with Gasteiger partial charge in [-0.2, -0.15) is 0 Å². The van der Waals surface area contributed by atoms with Crippen LogP contribution in [0.1, 0.15) is 108 Å². The Balaban J connectivity index is 3.40. The zero-order chi connectivity index (χ0) is 41.2. The van der Waals surface area contributed by atoms with Crippen molar-refractivity contribution in [3.8, 4) is 5.75 Å². The highest BCUT2D eigenvalue weighted by Crippen LogP contribution is 2.42. The number of hydrogen-bond acceptors (Lipinski definition) is 7. The van der Waals surface area contributed by atoms with Crippen molar-refractivity contribution in [3.63, 3.8) is 0 Å². The summed E-state index contributed by atoms with van der Waals surface area (Å²) in [5.74, 6) is 0.454. The molecule has 0 aromatic heterocycles. The third kappa shape index (κ3) is 14.7. The molecule has 0 radical (unpaired) electrons. The SMILES string of the molecule is C=C(C)[C@H](O[Si](C)(C)C(C)(C)C)[C@@H](C)[C@@H](O[Si](CC)(CC)CC)[C@H](C)[C@H](O)CC(=O)[C@H](C[C@H](C)COCc1ccc(OC)cc1)O[Si](C)(C)C(C)(C)C. The lowest BCUT2D eigenvalue weighted by atomic mass is 9.82. The van der Waals surface area contributed by atoms with Crippen molar-refractivity contribution in [2.24, 2.45) is 17.8 Å². The third-order valence-corrected chi connectivity index (χ3v) is 26.2. The van der Waals surface area contributed by atoms with Crippen LogP contribution in [0.15, 0.2) is 36.4 Å². The molecule has 1 rings (SSSR count). The molecule has 1 aromatic carbocycles. The number of rotatable bonds is 24.